The third-order valence-corrected chi connectivity index (χ3v) is 3.29. The van der Waals surface area contributed by atoms with Gasteiger partial charge in [-0.3, -0.25) is 4.79 Å². The largest absolute Gasteiger partial charge is 0.312 e. The Balaban J connectivity index is 2.37. The SMILES string of the molecule is CC(=O)N1CCCc2cc(SC#N)ccc21. The molecule has 1 aliphatic heterocycles. The Morgan fingerprint density at radius 2 is 2.38 bits per heavy atom. The molecule has 0 aromatic heterocycles. The second-order valence-corrected chi connectivity index (χ2v) is 4.62. The van der Waals surface area contributed by atoms with Crippen LogP contribution in [0.25, 0.3) is 0 Å². The van der Waals surface area contributed by atoms with Crippen LogP contribution in [0.15, 0.2) is 23.1 Å². The minimum Gasteiger partial charge on any atom is -0.312 e. The normalized spacial score (nSPS) is 14.1. The molecule has 0 atom stereocenters. The quantitative estimate of drug-likeness (QED) is 0.552. The average Bonchev–Trinajstić information content (AvgIpc) is 2.28. The Morgan fingerprint density at radius 1 is 1.56 bits per heavy atom. The van der Waals surface area contributed by atoms with Gasteiger partial charge in [0.05, 0.1) is 0 Å². The summed E-state index contributed by atoms with van der Waals surface area (Å²) in [5.41, 5.74) is 2.17. The molecular weight excluding hydrogens is 220 g/mol. The third-order valence-electron chi connectivity index (χ3n) is 2.71. The second kappa shape index (κ2) is 4.58. The lowest BCUT2D eigenvalue weighted by molar-refractivity contribution is -0.116. The highest BCUT2D eigenvalue weighted by atomic mass is 32.2. The van der Waals surface area contributed by atoms with Gasteiger partial charge in [-0.25, -0.2) is 0 Å². The van der Waals surface area contributed by atoms with E-state index in [0.717, 1.165) is 41.7 Å². The summed E-state index contributed by atoms with van der Waals surface area (Å²) in [4.78, 5) is 14.2. The maximum atomic E-state index is 11.4. The van der Waals surface area contributed by atoms with Crippen LogP contribution in [-0.4, -0.2) is 12.5 Å². The number of fused-ring (bicyclic) bond motifs is 1. The van der Waals surface area contributed by atoms with E-state index in [1.807, 2.05) is 18.2 Å². The average molecular weight is 232 g/mol. The zero-order chi connectivity index (χ0) is 11.5. The molecule has 0 unspecified atom stereocenters. The Labute approximate surface area is 99.1 Å². The fraction of sp³-hybridized carbons (Fsp3) is 0.333. The number of thiocyanates is 1. The van der Waals surface area contributed by atoms with Crippen molar-refractivity contribution in [1.82, 2.24) is 0 Å². The number of hydrogen-bond acceptors (Lipinski definition) is 3. The molecule has 0 saturated carbocycles. The Morgan fingerprint density at radius 3 is 3.06 bits per heavy atom. The van der Waals surface area contributed by atoms with Crippen molar-refractivity contribution in [1.29, 1.82) is 5.26 Å². The van der Waals surface area contributed by atoms with Crippen molar-refractivity contribution in [2.75, 3.05) is 11.4 Å². The van der Waals surface area contributed by atoms with Gasteiger partial charge >= 0.3 is 0 Å². The van der Waals surface area contributed by atoms with E-state index in [2.05, 4.69) is 5.40 Å². The number of nitriles is 1. The molecule has 4 heteroatoms. The van der Waals surface area contributed by atoms with Gasteiger partial charge in [0.25, 0.3) is 0 Å². The molecule has 1 aliphatic rings. The van der Waals surface area contributed by atoms with E-state index >= 15 is 0 Å². The Kier molecular flexibility index (Phi) is 3.16. The van der Waals surface area contributed by atoms with Crippen molar-refractivity contribution in [2.24, 2.45) is 0 Å². The number of rotatable bonds is 1. The zero-order valence-corrected chi connectivity index (χ0v) is 9.88. The van der Waals surface area contributed by atoms with Crippen LogP contribution in [0.4, 0.5) is 5.69 Å². The number of carbonyl (C=O) groups is 1. The summed E-state index contributed by atoms with van der Waals surface area (Å²) in [6, 6.07) is 5.85. The minimum absolute atomic E-state index is 0.0848. The molecule has 0 spiro atoms. The number of benzene rings is 1. The van der Waals surface area contributed by atoms with E-state index in [4.69, 9.17) is 5.26 Å². The van der Waals surface area contributed by atoms with E-state index in [9.17, 15) is 4.79 Å². The van der Waals surface area contributed by atoms with Crippen LogP contribution in [0.1, 0.15) is 18.9 Å². The van der Waals surface area contributed by atoms with E-state index in [1.165, 1.54) is 5.56 Å². The van der Waals surface area contributed by atoms with Crippen molar-refractivity contribution in [2.45, 2.75) is 24.7 Å². The van der Waals surface area contributed by atoms with Crippen LogP contribution in [0.3, 0.4) is 0 Å². The van der Waals surface area contributed by atoms with Crippen LogP contribution in [0, 0.1) is 10.7 Å². The van der Waals surface area contributed by atoms with Gasteiger partial charge in [-0.05, 0) is 48.4 Å². The highest BCUT2D eigenvalue weighted by Crippen LogP contribution is 2.30. The number of amides is 1. The van der Waals surface area contributed by atoms with Crippen molar-refractivity contribution >= 4 is 23.4 Å². The van der Waals surface area contributed by atoms with Gasteiger partial charge in [-0.1, -0.05) is 0 Å². The van der Waals surface area contributed by atoms with Gasteiger partial charge in [-0.2, -0.15) is 5.26 Å². The van der Waals surface area contributed by atoms with Crippen molar-refractivity contribution < 1.29 is 4.79 Å². The summed E-state index contributed by atoms with van der Waals surface area (Å²) < 4.78 is 0. The van der Waals surface area contributed by atoms with Gasteiger partial charge in [0.15, 0.2) is 0 Å². The fourth-order valence-corrected chi connectivity index (χ4v) is 2.46. The lowest BCUT2D eigenvalue weighted by atomic mass is 10.0. The summed E-state index contributed by atoms with van der Waals surface area (Å²) in [6.07, 6.45) is 1.98. The van der Waals surface area contributed by atoms with Crippen molar-refractivity contribution in [3.05, 3.63) is 23.8 Å². The maximum absolute atomic E-state index is 11.4. The number of carbonyl (C=O) groups excluding carboxylic acids is 1. The number of anilines is 1. The molecule has 1 amide bonds. The van der Waals surface area contributed by atoms with Crippen LogP contribution in [0.5, 0.6) is 0 Å². The van der Waals surface area contributed by atoms with Crippen LogP contribution in [-0.2, 0) is 11.2 Å². The van der Waals surface area contributed by atoms with E-state index in [0.29, 0.717) is 0 Å². The smallest absolute Gasteiger partial charge is 0.223 e. The van der Waals surface area contributed by atoms with Gasteiger partial charge in [0, 0.05) is 24.1 Å². The van der Waals surface area contributed by atoms with Crippen molar-refractivity contribution in [3.8, 4) is 5.40 Å². The predicted molar refractivity (Wildman–Crippen MR) is 64.3 cm³/mol. The second-order valence-electron chi connectivity index (χ2n) is 3.76. The molecule has 1 aromatic rings. The highest BCUT2D eigenvalue weighted by molar-refractivity contribution is 8.03. The first-order valence-electron chi connectivity index (χ1n) is 5.19. The first-order chi connectivity index (χ1) is 7.72. The van der Waals surface area contributed by atoms with Crippen LogP contribution >= 0.6 is 11.8 Å². The molecule has 1 aromatic carbocycles. The van der Waals surface area contributed by atoms with E-state index < -0.39 is 0 Å². The fourth-order valence-electron chi connectivity index (χ4n) is 2.02. The molecular formula is C12H12N2OS. The monoisotopic (exact) mass is 232 g/mol. The molecule has 0 saturated heterocycles. The van der Waals surface area contributed by atoms with E-state index in [-0.39, 0.29) is 5.91 Å². The molecule has 16 heavy (non-hydrogen) atoms. The lowest BCUT2D eigenvalue weighted by Gasteiger charge is -2.28. The Hall–Kier alpha value is -1.47. The summed E-state index contributed by atoms with van der Waals surface area (Å²) in [5, 5.41) is 10.7. The molecule has 3 nitrogen and oxygen atoms in total. The van der Waals surface area contributed by atoms with Crippen molar-refractivity contribution in [3.63, 3.8) is 0 Å². The summed E-state index contributed by atoms with van der Waals surface area (Å²) in [7, 11) is 0. The summed E-state index contributed by atoms with van der Waals surface area (Å²) in [5.74, 6) is 0.0848. The highest BCUT2D eigenvalue weighted by Gasteiger charge is 2.19. The van der Waals surface area contributed by atoms with E-state index in [1.54, 1.807) is 11.8 Å². The summed E-state index contributed by atoms with van der Waals surface area (Å²) >= 11 is 1.16. The van der Waals surface area contributed by atoms with Gasteiger partial charge in [0.2, 0.25) is 5.91 Å². The first kappa shape index (κ1) is 11.0. The molecule has 1 heterocycles. The van der Waals surface area contributed by atoms with Gasteiger partial charge in [0.1, 0.15) is 5.40 Å². The molecule has 0 N–H and O–H groups in total. The molecule has 0 bridgehead atoms. The lowest BCUT2D eigenvalue weighted by Crippen LogP contribution is -2.33. The van der Waals surface area contributed by atoms with Gasteiger partial charge < -0.3 is 4.90 Å². The third kappa shape index (κ3) is 2.05. The van der Waals surface area contributed by atoms with Crippen LogP contribution < -0.4 is 4.90 Å². The Bertz CT molecular complexity index is 465. The zero-order valence-electron chi connectivity index (χ0n) is 9.06. The standard InChI is InChI=1S/C12H12N2OS/c1-9(15)14-6-2-3-10-7-11(16-8-13)4-5-12(10)14/h4-5,7H,2-3,6H2,1H3. The molecule has 2 rings (SSSR count). The van der Waals surface area contributed by atoms with Gasteiger partial charge in [-0.15, -0.1) is 0 Å². The molecule has 0 aliphatic carbocycles. The summed E-state index contributed by atoms with van der Waals surface area (Å²) in [6.45, 7) is 2.39. The topological polar surface area (TPSA) is 44.1 Å². The maximum Gasteiger partial charge on any atom is 0.223 e. The van der Waals surface area contributed by atoms with Crippen LogP contribution in [0.2, 0.25) is 0 Å². The number of thioether (sulfide) groups is 1. The minimum atomic E-state index is 0.0848. The number of hydrogen-bond donors (Lipinski definition) is 0. The number of nitrogens with zero attached hydrogens (tertiary/aromatic N) is 2. The molecule has 0 radical (unpaired) electrons. The predicted octanol–water partition coefficient (Wildman–Crippen LogP) is 2.56. The number of aryl methyl sites for hydroxylation is 1. The molecule has 82 valence electrons. The molecule has 0 fully saturated rings. The first-order valence-corrected chi connectivity index (χ1v) is 6.01.